The van der Waals surface area contributed by atoms with Crippen molar-refractivity contribution in [3.05, 3.63) is 29.8 Å². The molecule has 1 aliphatic heterocycles. The quantitative estimate of drug-likeness (QED) is 0.845. The van der Waals surface area contributed by atoms with Gasteiger partial charge in [0.2, 0.25) is 0 Å². The third-order valence-corrected chi connectivity index (χ3v) is 3.91. The number of benzene rings is 1. The van der Waals surface area contributed by atoms with Gasteiger partial charge >= 0.3 is 5.97 Å². The lowest BCUT2D eigenvalue weighted by atomic mass is 9.76. The summed E-state index contributed by atoms with van der Waals surface area (Å²) in [7, 11) is 1.41. The van der Waals surface area contributed by atoms with E-state index in [1.807, 2.05) is 25.1 Å². The number of methoxy groups -OCH3 is 1. The van der Waals surface area contributed by atoms with Gasteiger partial charge in [-0.3, -0.25) is 4.79 Å². The van der Waals surface area contributed by atoms with Gasteiger partial charge in [0, 0.05) is 6.54 Å². The second-order valence-corrected chi connectivity index (χ2v) is 5.33. The van der Waals surface area contributed by atoms with Gasteiger partial charge in [-0.2, -0.15) is 0 Å². The van der Waals surface area contributed by atoms with Crippen molar-refractivity contribution < 1.29 is 14.3 Å². The van der Waals surface area contributed by atoms with E-state index < -0.39 is 5.41 Å². The summed E-state index contributed by atoms with van der Waals surface area (Å²) in [6, 6.07) is 7.99. The minimum atomic E-state index is -0.635. The fourth-order valence-electron chi connectivity index (χ4n) is 2.67. The Bertz CT molecular complexity index is 460. The zero-order chi connectivity index (χ0) is 13.9. The van der Waals surface area contributed by atoms with E-state index in [0.29, 0.717) is 19.6 Å². The molecule has 0 aromatic heterocycles. The Morgan fingerprint density at radius 2 is 2.26 bits per heavy atom. The van der Waals surface area contributed by atoms with Crippen molar-refractivity contribution in [2.45, 2.75) is 25.7 Å². The molecule has 0 amide bonds. The maximum atomic E-state index is 11.9. The van der Waals surface area contributed by atoms with E-state index in [2.05, 4.69) is 6.07 Å². The van der Waals surface area contributed by atoms with Crippen LogP contribution in [0.15, 0.2) is 24.3 Å². The van der Waals surface area contributed by atoms with Gasteiger partial charge in [0.05, 0.1) is 19.1 Å². The SMILES string of the molecule is COC(=O)C(C)(CN)CC1CCOc2ccccc21. The van der Waals surface area contributed by atoms with Crippen LogP contribution in [0.3, 0.4) is 0 Å². The van der Waals surface area contributed by atoms with Crippen molar-refractivity contribution in [2.24, 2.45) is 11.1 Å². The molecule has 1 heterocycles. The first-order chi connectivity index (χ1) is 9.10. The third-order valence-electron chi connectivity index (χ3n) is 3.91. The smallest absolute Gasteiger partial charge is 0.312 e. The minimum absolute atomic E-state index is 0.237. The van der Waals surface area contributed by atoms with Crippen LogP contribution in [-0.2, 0) is 9.53 Å². The molecule has 2 unspecified atom stereocenters. The highest BCUT2D eigenvalue weighted by Crippen LogP contribution is 2.40. The van der Waals surface area contributed by atoms with Gasteiger partial charge in [-0.1, -0.05) is 18.2 Å². The van der Waals surface area contributed by atoms with E-state index in [1.54, 1.807) is 0 Å². The standard InChI is InChI=1S/C15H21NO3/c1-15(10-16,14(17)18-2)9-11-7-8-19-13-6-4-3-5-12(11)13/h3-6,11H,7-10,16H2,1-2H3. The van der Waals surface area contributed by atoms with Crippen LogP contribution in [0, 0.1) is 5.41 Å². The molecule has 4 heteroatoms. The summed E-state index contributed by atoms with van der Waals surface area (Å²) in [5.74, 6) is 0.972. The van der Waals surface area contributed by atoms with Crippen molar-refractivity contribution in [1.82, 2.24) is 0 Å². The molecule has 1 aliphatic rings. The molecule has 2 rings (SSSR count). The number of hydrogen-bond donors (Lipinski definition) is 1. The molecule has 0 radical (unpaired) electrons. The summed E-state index contributed by atoms with van der Waals surface area (Å²) in [6.07, 6.45) is 1.60. The molecule has 0 fully saturated rings. The highest BCUT2D eigenvalue weighted by Gasteiger charge is 2.37. The molecule has 19 heavy (non-hydrogen) atoms. The van der Waals surface area contributed by atoms with Crippen LogP contribution in [0.2, 0.25) is 0 Å². The lowest BCUT2D eigenvalue weighted by Gasteiger charge is -2.33. The topological polar surface area (TPSA) is 61.5 Å². The predicted molar refractivity (Wildman–Crippen MR) is 73.1 cm³/mol. The Hall–Kier alpha value is -1.55. The van der Waals surface area contributed by atoms with Crippen molar-refractivity contribution in [3.8, 4) is 5.75 Å². The number of fused-ring (bicyclic) bond motifs is 1. The van der Waals surface area contributed by atoms with Crippen LogP contribution in [0.5, 0.6) is 5.75 Å². The van der Waals surface area contributed by atoms with Crippen LogP contribution in [0.1, 0.15) is 31.2 Å². The number of para-hydroxylation sites is 1. The Balaban J connectivity index is 2.22. The Morgan fingerprint density at radius 3 is 2.95 bits per heavy atom. The zero-order valence-electron chi connectivity index (χ0n) is 11.5. The number of rotatable bonds is 4. The monoisotopic (exact) mass is 263 g/mol. The van der Waals surface area contributed by atoms with Crippen LogP contribution >= 0.6 is 0 Å². The van der Waals surface area contributed by atoms with Gasteiger partial charge in [-0.15, -0.1) is 0 Å². The summed E-state index contributed by atoms with van der Waals surface area (Å²) >= 11 is 0. The third kappa shape index (κ3) is 2.73. The van der Waals surface area contributed by atoms with E-state index in [9.17, 15) is 4.79 Å². The van der Waals surface area contributed by atoms with Crippen LogP contribution in [0.25, 0.3) is 0 Å². The maximum absolute atomic E-state index is 11.9. The number of esters is 1. The molecule has 104 valence electrons. The molecule has 4 nitrogen and oxygen atoms in total. The van der Waals surface area contributed by atoms with Crippen LogP contribution < -0.4 is 10.5 Å². The maximum Gasteiger partial charge on any atom is 0.312 e. The number of carbonyl (C=O) groups excluding carboxylic acids is 1. The molecule has 1 aromatic rings. The average molecular weight is 263 g/mol. The van der Waals surface area contributed by atoms with Crippen molar-refractivity contribution in [2.75, 3.05) is 20.3 Å². The van der Waals surface area contributed by atoms with Crippen molar-refractivity contribution in [1.29, 1.82) is 0 Å². The lowest BCUT2D eigenvalue weighted by Crippen LogP contribution is -2.38. The lowest BCUT2D eigenvalue weighted by molar-refractivity contribution is -0.152. The van der Waals surface area contributed by atoms with Gasteiger partial charge in [0.15, 0.2) is 0 Å². The number of nitrogens with two attached hydrogens (primary N) is 1. The second-order valence-electron chi connectivity index (χ2n) is 5.33. The molecule has 2 N–H and O–H groups in total. The largest absolute Gasteiger partial charge is 0.493 e. The Morgan fingerprint density at radius 1 is 1.53 bits per heavy atom. The molecule has 0 bridgehead atoms. The molecule has 0 aliphatic carbocycles. The Labute approximate surface area is 113 Å². The van der Waals surface area contributed by atoms with Crippen molar-refractivity contribution >= 4 is 5.97 Å². The highest BCUT2D eigenvalue weighted by atomic mass is 16.5. The predicted octanol–water partition coefficient (Wildman–Crippen LogP) is 2.08. The number of ether oxygens (including phenoxy) is 2. The van der Waals surface area contributed by atoms with E-state index in [-0.39, 0.29) is 11.9 Å². The summed E-state index contributed by atoms with van der Waals surface area (Å²) in [5, 5.41) is 0. The Kier molecular flexibility index (Phi) is 4.10. The van der Waals surface area contributed by atoms with E-state index in [0.717, 1.165) is 17.7 Å². The van der Waals surface area contributed by atoms with Gasteiger partial charge in [-0.25, -0.2) is 0 Å². The van der Waals surface area contributed by atoms with Crippen molar-refractivity contribution in [3.63, 3.8) is 0 Å². The molecular formula is C15H21NO3. The van der Waals surface area contributed by atoms with E-state index >= 15 is 0 Å². The summed E-state index contributed by atoms with van der Waals surface area (Å²) in [6.45, 7) is 2.85. The summed E-state index contributed by atoms with van der Waals surface area (Å²) < 4.78 is 10.5. The van der Waals surface area contributed by atoms with Gasteiger partial charge in [0.25, 0.3) is 0 Å². The molecule has 0 saturated heterocycles. The minimum Gasteiger partial charge on any atom is -0.493 e. The van der Waals surface area contributed by atoms with Crippen LogP contribution in [0.4, 0.5) is 0 Å². The molecule has 0 spiro atoms. The average Bonchev–Trinajstić information content (AvgIpc) is 2.46. The first-order valence-corrected chi connectivity index (χ1v) is 6.61. The number of carbonyl (C=O) groups is 1. The first kappa shape index (κ1) is 13.9. The van der Waals surface area contributed by atoms with E-state index in [4.69, 9.17) is 15.2 Å². The zero-order valence-corrected chi connectivity index (χ0v) is 11.5. The highest BCUT2D eigenvalue weighted by molar-refractivity contribution is 5.76. The molecule has 2 atom stereocenters. The van der Waals surface area contributed by atoms with Gasteiger partial charge in [-0.05, 0) is 37.3 Å². The fraction of sp³-hybridized carbons (Fsp3) is 0.533. The van der Waals surface area contributed by atoms with Gasteiger partial charge in [0.1, 0.15) is 5.75 Å². The number of hydrogen-bond acceptors (Lipinski definition) is 4. The molecular weight excluding hydrogens is 242 g/mol. The fourth-order valence-corrected chi connectivity index (χ4v) is 2.67. The molecule has 1 aromatic carbocycles. The normalized spacial score (nSPS) is 20.9. The summed E-state index contributed by atoms with van der Waals surface area (Å²) in [5.41, 5.74) is 6.32. The first-order valence-electron chi connectivity index (χ1n) is 6.61. The van der Waals surface area contributed by atoms with E-state index in [1.165, 1.54) is 7.11 Å². The second kappa shape index (κ2) is 5.61. The molecule has 0 saturated carbocycles. The van der Waals surface area contributed by atoms with Crippen LogP contribution in [-0.4, -0.2) is 26.2 Å². The summed E-state index contributed by atoms with van der Waals surface area (Å²) in [4.78, 5) is 11.9. The van der Waals surface area contributed by atoms with Gasteiger partial charge < -0.3 is 15.2 Å².